The zero-order valence-electron chi connectivity index (χ0n) is 17.5. The average molecular weight is 405 g/mol. The first-order chi connectivity index (χ1) is 13.5. The second-order valence-electron chi connectivity index (χ2n) is 9.50. The molecule has 1 unspecified atom stereocenters. The van der Waals surface area contributed by atoms with Gasteiger partial charge < -0.3 is 14.9 Å². The molecule has 0 radical (unpaired) electrons. The number of hydrogen-bond donors (Lipinski definition) is 1. The minimum Gasteiger partial charge on any atom is -0.389 e. The van der Waals surface area contributed by atoms with Gasteiger partial charge in [0.2, 0.25) is 0 Å². The van der Waals surface area contributed by atoms with Crippen LogP contribution in [0, 0.1) is 6.92 Å². The Labute approximate surface area is 176 Å². The zero-order chi connectivity index (χ0) is 19.6. The van der Waals surface area contributed by atoms with E-state index in [0.717, 1.165) is 61.9 Å². The van der Waals surface area contributed by atoms with Gasteiger partial charge in [-0.15, -0.1) is 0 Å². The van der Waals surface area contributed by atoms with Crippen LogP contribution in [0.1, 0.15) is 74.8 Å². The average Bonchev–Trinajstić information content (AvgIpc) is 3.24. The molecule has 156 valence electrons. The molecule has 1 N–H and O–H groups in total. The number of piperidine rings is 1. The number of halogens is 1. The van der Waals surface area contributed by atoms with Crippen molar-refractivity contribution in [2.75, 3.05) is 32.7 Å². The summed E-state index contributed by atoms with van der Waals surface area (Å²) in [4.78, 5) is 5.32. The Kier molecular flexibility index (Phi) is 6.67. The van der Waals surface area contributed by atoms with E-state index in [2.05, 4.69) is 34.9 Å². The molecule has 1 saturated carbocycles. The first kappa shape index (κ1) is 20.7. The SMILES string of the molecule is Cc1ccc(C(CN2CCC(N3CCCC3)CC2)C2(O)CCCCC2)cc1Cl. The monoisotopic (exact) mass is 404 g/mol. The standard InChI is InChI=1S/C24H37ClN2O/c1-19-7-8-20(17-23(19)25)22(24(28)11-3-2-4-12-24)18-26-15-9-21(10-16-26)27-13-5-6-14-27/h7-8,17,21-22,28H,2-6,9-16,18H2,1H3. The van der Waals surface area contributed by atoms with E-state index in [1.807, 2.05) is 0 Å². The van der Waals surface area contributed by atoms with Gasteiger partial charge in [0.15, 0.2) is 0 Å². The van der Waals surface area contributed by atoms with Gasteiger partial charge in [-0.1, -0.05) is 43.0 Å². The van der Waals surface area contributed by atoms with E-state index in [4.69, 9.17) is 11.6 Å². The number of rotatable bonds is 5. The molecular formula is C24H37ClN2O. The van der Waals surface area contributed by atoms with E-state index in [1.54, 1.807) is 0 Å². The molecule has 1 atom stereocenters. The Morgan fingerprint density at radius 1 is 1.04 bits per heavy atom. The molecule has 1 aromatic carbocycles. The highest BCUT2D eigenvalue weighted by atomic mass is 35.5. The fourth-order valence-corrected chi connectivity index (χ4v) is 5.94. The van der Waals surface area contributed by atoms with Crippen molar-refractivity contribution in [3.63, 3.8) is 0 Å². The third-order valence-electron chi connectivity index (χ3n) is 7.62. The smallest absolute Gasteiger partial charge is 0.0728 e. The Bertz CT molecular complexity index is 644. The van der Waals surface area contributed by atoms with Gasteiger partial charge >= 0.3 is 0 Å². The van der Waals surface area contributed by atoms with E-state index in [-0.39, 0.29) is 5.92 Å². The van der Waals surface area contributed by atoms with E-state index in [1.165, 1.54) is 50.8 Å². The van der Waals surface area contributed by atoms with Crippen LogP contribution in [-0.4, -0.2) is 59.3 Å². The summed E-state index contributed by atoms with van der Waals surface area (Å²) in [5.74, 6) is 0.161. The van der Waals surface area contributed by atoms with Gasteiger partial charge in [-0.25, -0.2) is 0 Å². The summed E-state index contributed by atoms with van der Waals surface area (Å²) < 4.78 is 0. The molecule has 3 aliphatic rings. The first-order valence-electron chi connectivity index (χ1n) is 11.5. The maximum absolute atomic E-state index is 11.6. The van der Waals surface area contributed by atoms with E-state index in [9.17, 15) is 5.11 Å². The zero-order valence-corrected chi connectivity index (χ0v) is 18.3. The van der Waals surface area contributed by atoms with Gasteiger partial charge in [0.1, 0.15) is 0 Å². The van der Waals surface area contributed by atoms with Crippen LogP contribution >= 0.6 is 11.6 Å². The minimum absolute atomic E-state index is 0.161. The highest BCUT2D eigenvalue weighted by molar-refractivity contribution is 6.31. The molecule has 28 heavy (non-hydrogen) atoms. The Hall–Kier alpha value is -0.610. The fraction of sp³-hybridized carbons (Fsp3) is 0.750. The van der Waals surface area contributed by atoms with Crippen molar-refractivity contribution < 1.29 is 5.11 Å². The van der Waals surface area contributed by atoms with Crippen molar-refractivity contribution in [3.8, 4) is 0 Å². The van der Waals surface area contributed by atoms with Crippen molar-refractivity contribution in [1.82, 2.24) is 9.80 Å². The molecule has 2 saturated heterocycles. The third kappa shape index (κ3) is 4.59. The van der Waals surface area contributed by atoms with Crippen LogP contribution in [0.3, 0.4) is 0 Å². The molecule has 0 bridgehead atoms. The van der Waals surface area contributed by atoms with Gasteiger partial charge in [-0.05, 0) is 88.8 Å². The Morgan fingerprint density at radius 3 is 2.36 bits per heavy atom. The van der Waals surface area contributed by atoms with Gasteiger partial charge in [0.25, 0.3) is 0 Å². The summed E-state index contributed by atoms with van der Waals surface area (Å²) in [5, 5.41) is 12.5. The Morgan fingerprint density at radius 2 is 1.71 bits per heavy atom. The molecule has 1 aliphatic carbocycles. The van der Waals surface area contributed by atoms with Crippen LogP contribution < -0.4 is 0 Å². The Balaban J connectivity index is 1.47. The number of aryl methyl sites for hydroxylation is 1. The summed E-state index contributed by atoms with van der Waals surface area (Å²) in [5.41, 5.74) is 1.76. The van der Waals surface area contributed by atoms with Crippen LogP contribution in [0.4, 0.5) is 0 Å². The lowest BCUT2D eigenvalue weighted by Gasteiger charge is -2.44. The maximum Gasteiger partial charge on any atom is 0.0728 e. The molecule has 4 heteroatoms. The summed E-state index contributed by atoms with van der Waals surface area (Å²) >= 11 is 6.48. The predicted octanol–water partition coefficient (Wildman–Crippen LogP) is 4.99. The van der Waals surface area contributed by atoms with Gasteiger partial charge in [0, 0.05) is 23.5 Å². The number of likely N-dealkylation sites (tertiary alicyclic amines) is 2. The van der Waals surface area contributed by atoms with Crippen LogP contribution in [0.5, 0.6) is 0 Å². The minimum atomic E-state index is -0.581. The normalized spacial score (nSPS) is 25.8. The first-order valence-corrected chi connectivity index (χ1v) is 11.9. The number of aliphatic hydroxyl groups is 1. The van der Waals surface area contributed by atoms with Gasteiger partial charge in [0.05, 0.1) is 5.60 Å². The lowest BCUT2D eigenvalue weighted by Crippen LogP contribution is -2.48. The van der Waals surface area contributed by atoms with Crippen LogP contribution in [0.15, 0.2) is 18.2 Å². The summed E-state index contributed by atoms with van der Waals surface area (Å²) in [6.45, 7) is 7.94. The molecular weight excluding hydrogens is 368 g/mol. The second kappa shape index (κ2) is 9.04. The fourth-order valence-electron chi connectivity index (χ4n) is 5.76. The number of benzene rings is 1. The molecule has 3 fully saturated rings. The lowest BCUT2D eigenvalue weighted by molar-refractivity contribution is -0.0338. The maximum atomic E-state index is 11.6. The van der Waals surface area contributed by atoms with Crippen LogP contribution in [-0.2, 0) is 0 Å². The van der Waals surface area contributed by atoms with E-state index < -0.39 is 5.60 Å². The molecule has 1 aromatic rings. The van der Waals surface area contributed by atoms with Crippen molar-refractivity contribution in [3.05, 3.63) is 34.3 Å². The molecule has 0 aromatic heterocycles. The van der Waals surface area contributed by atoms with E-state index >= 15 is 0 Å². The van der Waals surface area contributed by atoms with Gasteiger partial charge in [-0.2, -0.15) is 0 Å². The molecule has 2 aliphatic heterocycles. The second-order valence-corrected chi connectivity index (χ2v) is 9.91. The third-order valence-corrected chi connectivity index (χ3v) is 8.03. The molecule has 3 nitrogen and oxygen atoms in total. The van der Waals surface area contributed by atoms with Crippen molar-refractivity contribution in [1.29, 1.82) is 0 Å². The molecule has 0 amide bonds. The van der Waals surface area contributed by atoms with E-state index in [0.29, 0.717) is 0 Å². The number of hydrogen-bond acceptors (Lipinski definition) is 3. The van der Waals surface area contributed by atoms with Crippen molar-refractivity contribution >= 4 is 11.6 Å². The van der Waals surface area contributed by atoms with Crippen molar-refractivity contribution in [2.24, 2.45) is 0 Å². The van der Waals surface area contributed by atoms with Gasteiger partial charge in [-0.3, -0.25) is 0 Å². The lowest BCUT2D eigenvalue weighted by atomic mass is 9.72. The highest BCUT2D eigenvalue weighted by Gasteiger charge is 2.40. The molecule has 4 rings (SSSR count). The topological polar surface area (TPSA) is 26.7 Å². The largest absolute Gasteiger partial charge is 0.389 e. The highest BCUT2D eigenvalue weighted by Crippen LogP contribution is 2.41. The molecule has 0 spiro atoms. The summed E-state index contributed by atoms with van der Waals surface area (Å²) in [6.07, 6.45) is 10.7. The summed E-state index contributed by atoms with van der Waals surface area (Å²) in [7, 11) is 0. The van der Waals surface area contributed by atoms with Crippen LogP contribution in [0.2, 0.25) is 5.02 Å². The number of nitrogens with zero attached hydrogens (tertiary/aromatic N) is 2. The summed E-state index contributed by atoms with van der Waals surface area (Å²) in [6, 6.07) is 7.22. The molecule has 2 heterocycles. The van der Waals surface area contributed by atoms with Crippen molar-refractivity contribution in [2.45, 2.75) is 82.3 Å². The quantitative estimate of drug-likeness (QED) is 0.749. The predicted molar refractivity (Wildman–Crippen MR) is 117 cm³/mol. The van der Waals surface area contributed by atoms with Crippen LogP contribution in [0.25, 0.3) is 0 Å².